The van der Waals surface area contributed by atoms with Gasteiger partial charge in [-0.3, -0.25) is 4.79 Å². The Balaban J connectivity index is 2.13. The Morgan fingerprint density at radius 3 is 2.47 bits per heavy atom. The van der Waals surface area contributed by atoms with Gasteiger partial charge in [-0.1, -0.05) is 13.8 Å². The van der Waals surface area contributed by atoms with Gasteiger partial charge in [-0.25, -0.2) is 17.8 Å². The second kappa shape index (κ2) is 11.0. The molecule has 0 aliphatic heterocycles. The molecule has 1 unspecified atom stereocenters. The third kappa shape index (κ3) is 7.53. The zero-order chi connectivity index (χ0) is 25.7. The van der Waals surface area contributed by atoms with Crippen molar-refractivity contribution >= 4 is 21.4 Å². The van der Waals surface area contributed by atoms with Gasteiger partial charge < -0.3 is 25.6 Å². The van der Waals surface area contributed by atoms with E-state index in [2.05, 4.69) is 15.0 Å². The molecule has 188 valence electrons. The van der Waals surface area contributed by atoms with Crippen molar-refractivity contribution in [2.24, 2.45) is 5.92 Å². The molecule has 0 radical (unpaired) electrons. The molecule has 2 rings (SSSR count). The van der Waals surface area contributed by atoms with Crippen LogP contribution in [0.5, 0.6) is 5.75 Å². The number of amides is 1. The Bertz CT molecular complexity index is 1130. The van der Waals surface area contributed by atoms with E-state index in [1.54, 1.807) is 0 Å². The first-order valence-corrected chi connectivity index (χ1v) is 11.3. The monoisotopic (exact) mass is 509 g/mol. The Morgan fingerprint density at radius 1 is 1.24 bits per heavy atom. The number of aromatic nitrogens is 1. The van der Waals surface area contributed by atoms with E-state index >= 15 is 0 Å². The maximum absolute atomic E-state index is 14.2. The minimum atomic E-state index is -5.08. The molecule has 0 saturated heterocycles. The van der Waals surface area contributed by atoms with Gasteiger partial charge in [0.05, 0.1) is 23.3 Å². The standard InChI is InChI=1S/C20H23F4N3O6S/c1-11(2)9-32-10-12(28)7-27-19(29)18-16(25)6-14(8-26-18)34(30,31)17-4-3-13(5-15(17)21)33-20(22,23)24/h3-6,8,11-12,28H,7,9-10,25H2,1-2H3,(H,27,29). The van der Waals surface area contributed by atoms with Crippen LogP contribution in [0.1, 0.15) is 24.3 Å². The highest BCUT2D eigenvalue weighted by Gasteiger charge is 2.32. The minimum absolute atomic E-state index is 0.0169. The Hall–Kier alpha value is -2.97. The number of alkyl halides is 3. The predicted molar refractivity (Wildman–Crippen MR) is 111 cm³/mol. The molecular weight excluding hydrogens is 486 g/mol. The molecule has 0 fully saturated rings. The van der Waals surface area contributed by atoms with Gasteiger partial charge in [-0.15, -0.1) is 13.2 Å². The number of carbonyl (C=O) groups excluding carboxylic acids is 1. The lowest BCUT2D eigenvalue weighted by atomic mass is 10.2. The van der Waals surface area contributed by atoms with E-state index in [4.69, 9.17) is 10.5 Å². The maximum Gasteiger partial charge on any atom is 0.573 e. The molecule has 2 aromatic rings. The Morgan fingerprint density at radius 2 is 1.91 bits per heavy atom. The van der Waals surface area contributed by atoms with Crippen molar-refractivity contribution in [1.82, 2.24) is 10.3 Å². The summed E-state index contributed by atoms with van der Waals surface area (Å²) in [5, 5.41) is 12.2. The van der Waals surface area contributed by atoms with E-state index in [9.17, 15) is 35.9 Å². The number of hydrogen-bond donors (Lipinski definition) is 3. The predicted octanol–water partition coefficient (Wildman–Crippen LogP) is 2.30. The number of hydrogen-bond acceptors (Lipinski definition) is 8. The maximum atomic E-state index is 14.2. The van der Waals surface area contributed by atoms with Crippen LogP contribution >= 0.6 is 0 Å². The normalized spacial score (nSPS) is 13.1. The topological polar surface area (TPSA) is 141 Å². The molecule has 0 bridgehead atoms. The number of carbonyl (C=O) groups is 1. The number of rotatable bonds is 10. The van der Waals surface area contributed by atoms with E-state index in [-0.39, 0.29) is 36.5 Å². The van der Waals surface area contributed by atoms with Crippen LogP contribution in [0, 0.1) is 11.7 Å². The number of ether oxygens (including phenoxy) is 2. The van der Waals surface area contributed by atoms with Crippen molar-refractivity contribution < 1.29 is 45.4 Å². The minimum Gasteiger partial charge on any atom is -0.406 e. The van der Waals surface area contributed by atoms with Crippen LogP contribution in [0.15, 0.2) is 40.3 Å². The van der Waals surface area contributed by atoms with Crippen molar-refractivity contribution in [3.8, 4) is 5.75 Å². The van der Waals surface area contributed by atoms with Crippen molar-refractivity contribution in [3.63, 3.8) is 0 Å². The summed E-state index contributed by atoms with van der Waals surface area (Å²) in [6.45, 7) is 4.08. The number of benzene rings is 1. The van der Waals surface area contributed by atoms with Crippen LogP contribution in [0.4, 0.5) is 23.2 Å². The third-order valence-electron chi connectivity index (χ3n) is 4.10. The van der Waals surface area contributed by atoms with Crippen LogP contribution in [0.3, 0.4) is 0 Å². The van der Waals surface area contributed by atoms with E-state index in [1.807, 2.05) is 13.8 Å². The van der Waals surface area contributed by atoms with E-state index in [0.717, 1.165) is 12.3 Å². The van der Waals surface area contributed by atoms with Gasteiger partial charge in [0, 0.05) is 25.4 Å². The van der Waals surface area contributed by atoms with E-state index in [1.165, 1.54) is 0 Å². The number of halogens is 4. The largest absolute Gasteiger partial charge is 0.573 e. The van der Waals surface area contributed by atoms with E-state index in [0.29, 0.717) is 18.7 Å². The summed E-state index contributed by atoms with van der Waals surface area (Å²) in [4.78, 5) is 14.4. The first kappa shape index (κ1) is 27.3. The molecule has 1 atom stereocenters. The second-order valence-electron chi connectivity index (χ2n) is 7.55. The van der Waals surface area contributed by atoms with Crippen molar-refractivity contribution in [3.05, 3.63) is 42.0 Å². The molecule has 4 N–H and O–H groups in total. The summed E-state index contributed by atoms with van der Waals surface area (Å²) >= 11 is 0. The molecule has 0 spiro atoms. The molecule has 0 aliphatic rings. The average Bonchev–Trinajstić information content (AvgIpc) is 2.70. The van der Waals surface area contributed by atoms with Gasteiger partial charge in [0.25, 0.3) is 5.91 Å². The number of aliphatic hydroxyl groups is 1. The molecule has 1 heterocycles. The lowest BCUT2D eigenvalue weighted by Crippen LogP contribution is -2.35. The first-order chi connectivity index (χ1) is 15.7. The SMILES string of the molecule is CC(C)COCC(O)CNC(=O)c1ncc(S(=O)(=O)c2ccc(OC(F)(F)F)cc2F)cc1N. The smallest absolute Gasteiger partial charge is 0.406 e. The van der Waals surface area contributed by atoms with Gasteiger partial charge in [0.1, 0.15) is 16.5 Å². The number of nitrogens with one attached hydrogen (secondary N) is 1. The third-order valence-corrected chi connectivity index (χ3v) is 5.86. The van der Waals surface area contributed by atoms with Gasteiger partial charge in [-0.2, -0.15) is 0 Å². The molecule has 0 aliphatic carbocycles. The number of aliphatic hydroxyl groups excluding tert-OH is 1. The molecular formula is C20H23F4N3O6S. The Kier molecular flexibility index (Phi) is 8.80. The van der Waals surface area contributed by atoms with Crippen molar-refractivity contribution in [2.45, 2.75) is 36.1 Å². The summed E-state index contributed by atoms with van der Waals surface area (Å²) < 4.78 is 85.2. The second-order valence-corrected chi connectivity index (χ2v) is 9.47. The number of nitrogen functional groups attached to an aromatic ring is 1. The van der Waals surface area contributed by atoms with Crippen LogP contribution in [-0.4, -0.2) is 56.6 Å². The zero-order valence-corrected chi connectivity index (χ0v) is 18.9. The Labute approximate surface area is 192 Å². The highest BCUT2D eigenvalue weighted by Crippen LogP contribution is 2.29. The fraction of sp³-hybridized carbons (Fsp3) is 0.400. The fourth-order valence-corrected chi connectivity index (χ4v) is 3.91. The molecule has 1 aromatic heterocycles. The van der Waals surface area contributed by atoms with E-state index < -0.39 is 49.6 Å². The molecule has 0 saturated carbocycles. The summed E-state index contributed by atoms with van der Waals surface area (Å²) in [5.41, 5.74) is 5.03. The van der Waals surface area contributed by atoms with Crippen LogP contribution in [0.25, 0.3) is 0 Å². The van der Waals surface area contributed by atoms with Gasteiger partial charge >= 0.3 is 6.36 Å². The number of sulfone groups is 1. The quantitative estimate of drug-likeness (QED) is 0.415. The lowest BCUT2D eigenvalue weighted by Gasteiger charge is -2.14. The highest BCUT2D eigenvalue weighted by molar-refractivity contribution is 7.91. The average molecular weight is 509 g/mol. The number of anilines is 1. The molecule has 1 amide bonds. The van der Waals surface area contributed by atoms with Crippen LogP contribution < -0.4 is 15.8 Å². The number of nitrogens with two attached hydrogens (primary N) is 1. The van der Waals surface area contributed by atoms with Gasteiger partial charge in [0.2, 0.25) is 9.84 Å². The number of pyridine rings is 1. The van der Waals surface area contributed by atoms with Gasteiger partial charge in [-0.05, 0) is 24.1 Å². The highest BCUT2D eigenvalue weighted by atomic mass is 32.2. The molecule has 34 heavy (non-hydrogen) atoms. The summed E-state index contributed by atoms with van der Waals surface area (Å²) in [6.07, 6.45) is -5.34. The van der Waals surface area contributed by atoms with Crippen molar-refractivity contribution in [1.29, 1.82) is 0 Å². The molecule has 9 nitrogen and oxygen atoms in total. The van der Waals surface area contributed by atoms with Crippen molar-refractivity contribution in [2.75, 3.05) is 25.5 Å². The van der Waals surface area contributed by atoms with Crippen LogP contribution in [0.2, 0.25) is 0 Å². The summed E-state index contributed by atoms with van der Waals surface area (Å²) in [6, 6.07) is 2.37. The van der Waals surface area contributed by atoms with Crippen LogP contribution in [-0.2, 0) is 14.6 Å². The molecule has 1 aromatic carbocycles. The van der Waals surface area contributed by atoms with Gasteiger partial charge in [0.15, 0.2) is 5.69 Å². The fourth-order valence-electron chi connectivity index (χ4n) is 2.61. The summed E-state index contributed by atoms with van der Waals surface area (Å²) in [5.74, 6) is -2.97. The summed E-state index contributed by atoms with van der Waals surface area (Å²) in [7, 11) is -4.58. The number of nitrogens with zero attached hydrogens (tertiary/aromatic N) is 1. The zero-order valence-electron chi connectivity index (χ0n) is 18.1. The molecule has 14 heteroatoms. The first-order valence-electron chi connectivity index (χ1n) is 9.80. The lowest BCUT2D eigenvalue weighted by molar-refractivity contribution is -0.274.